The zero-order chi connectivity index (χ0) is 21.0. The molecule has 0 amide bonds. The number of non-ortho nitro benzene ring substituents is 1. The molecule has 0 heterocycles. The van der Waals surface area contributed by atoms with Gasteiger partial charge in [0.05, 0.1) is 51.2 Å². The summed E-state index contributed by atoms with van der Waals surface area (Å²) >= 11 is 5.62. The molecule has 0 spiro atoms. The summed E-state index contributed by atoms with van der Waals surface area (Å²) in [6, 6.07) is 5.94. The summed E-state index contributed by atoms with van der Waals surface area (Å²) in [6.07, 6.45) is 4.47. The molecule has 1 aromatic carbocycles. The first-order valence-corrected chi connectivity index (χ1v) is 10.5. The number of halogens is 1. The third-order valence-corrected chi connectivity index (χ3v) is 4.10. The lowest BCUT2D eigenvalue weighted by molar-refractivity contribution is -0.384. The number of hydrogen-bond donors (Lipinski definition) is 0. The molecule has 0 N–H and O–H groups in total. The van der Waals surface area contributed by atoms with Crippen LogP contribution in [0, 0.1) is 10.1 Å². The van der Waals surface area contributed by atoms with Crippen LogP contribution in [-0.2, 0) is 18.9 Å². The molecule has 0 bridgehead atoms. The highest BCUT2D eigenvalue weighted by molar-refractivity contribution is 6.17. The minimum atomic E-state index is -0.446. The van der Waals surface area contributed by atoms with Gasteiger partial charge in [-0.1, -0.05) is 12.8 Å². The average molecular weight is 434 g/mol. The van der Waals surface area contributed by atoms with E-state index in [2.05, 4.69) is 0 Å². The standard InChI is InChI=1S/C20H32ClNO7/c21-9-3-1-2-4-10-25-11-12-26-13-14-27-15-16-28-17-18-29-20-7-5-19(6-8-20)22(23)24/h5-8H,1-4,9-18H2. The summed E-state index contributed by atoms with van der Waals surface area (Å²) in [6.45, 7) is 4.73. The first-order valence-electron chi connectivity index (χ1n) is 9.98. The van der Waals surface area contributed by atoms with Crippen molar-refractivity contribution in [1.82, 2.24) is 0 Å². The number of hydrogen-bond acceptors (Lipinski definition) is 7. The number of nitro benzene ring substituents is 1. The highest BCUT2D eigenvalue weighted by Gasteiger charge is 2.04. The molecule has 0 aliphatic rings. The van der Waals surface area contributed by atoms with Crippen molar-refractivity contribution in [1.29, 1.82) is 0 Å². The largest absolute Gasteiger partial charge is 0.491 e. The molecular weight excluding hydrogens is 402 g/mol. The number of alkyl halides is 1. The van der Waals surface area contributed by atoms with Gasteiger partial charge in [0.15, 0.2) is 0 Å². The SMILES string of the molecule is O=[N+]([O-])c1ccc(OCCOCCOCCOCCOCCCCCCCl)cc1. The van der Waals surface area contributed by atoms with Crippen LogP contribution in [0.1, 0.15) is 25.7 Å². The smallest absolute Gasteiger partial charge is 0.269 e. The maximum absolute atomic E-state index is 10.6. The van der Waals surface area contributed by atoms with Gasteiger partial charge < -0.3 is 23.7 Å². The van der Waals surface area contributed by atoms with Crippen LogP contribution in [0.5, 0.6) is 5.75 Å². The second-order valence-corrected chi connectivity index (χ2v) is 6.53. The average Bonchev–Trinajstić information content (AvgIpc) is 2.73. The minimum absolute atomic E-state index is 0.0381. The molecular formula is C20H32ClNO7. The van der Waals surface area contributed by atoms with Crippen molar-refractivity contribution >= 4 is 17.3 Å². The Bertz CT molecular complexity index is 516. The molecule has 0 aliphatic carbocycles. The molecule has 1 rings (SSSR count). The van der Waals surface area contributed by atoms with Crippen LogP contribution in [0.2, 0.25) is 0 Å². The Morgan fingerprint density at radius 1 is 0.690 bits per heavy atom. The van der Waals surface area contributed by atoms with E-state index in [-0.39, 0.29) is 5.69 Å². The van der Waals surface area contributed by atoms with Crippen LogP contribution < -0.4 is 4.74 Å². The van der Waals surface area contributed by atoms with E-state index in [4.69, 9.17) is 35.3 Å². The normalized spacial score (nSPS) is 10.9. The van der Waals surface area contributed by atoms with Crippen LogP contribution >= 0.6 is 11.6 Å². The highest BCUT2D eigenvalue weighted by atomic mass is 35.5. The summed E-state index contributed by atoms with van der Waals surface area (Å²) in [4.78, 5) is 10.1. The summed E-state index contributed by atoms with van der Waals surface area (Å²) in [5.74, 6) is 1.31. The van der Waals surface area contributed by atoms with Crippen LogP contribution in [0.15, 0.2) is 24.3 Å². The second kappa shape index (κ2) is 18.6. The van der Waals surface area contributed by atoms with Gasteiger partial charge in [-0.2, -0.15) is 0 Å². The first-order chi connectivity index (χ1) is 14.2. The number of benzene rings is 1. The predicted molar refractivity (Wildman–Crippen MR) is 111 cm³/mol. The fraction of sp³-hybridized carbons (Fsp3) is 0.700. The molecule has 0 unspecified atom stereocenters. The first kappa shape index (κ1) is 25.6. The lowest BCUT2D eigenvalue weighted by atomic mass is 10.2. The van der Waals surface area contributed by atoms with Crippen molar-refractivity contribution in [2.45, 2.75) is 25.7 Å². The summed E-state index contributed by atoms with van der Waals surface area (Å²) in [5.41, 5.74) is 0.0381. The lowest BCUT2D eigenvalue weighted by Crippen LogP contribution is -2.13. The van der Waals surface area contributed by atoms with Gasteiger partial charge in [-0.25, -0.2) is 0 Å². The van der Waals surface area contributed by atoms with E-state index in [1.807, 2.05) is 0 Å². The van der Waals surface area contributed by atoms with Crippen molar-refractivity contribution in [2.24, 2.45) is 0 Å². The van der Waals surface area contributed by atoms with Crippen LogP contribution in [0.25, 0.3) is 0 Å². The van der Waals surface area contributed by atoms with Crippen molar-refractivity contribution in [3.05, 3.63) is 34.4 Å². The Labute approximate surface area is 177 Å². The van der Waals surface area contributed by atoms with Gasteiger partial charge in [-0.3, -0.25) is 10.1 Å². The molecule has 0 saturated heterocycles. The van der Waals surface area contributed by atoms with Gasteiger partial charge in [0.1, 0.15) is 12.4 Å². The van der Waals surface area contributed by atoms with Gasteiger partial charge in [0.2, 0.25) is 0 Å². The van der Waals surface area contributed by atoms with Gasteiger partial charge in [0, 0.05) is 24.6 Å². The number of nitrogens with zero attached hydrogens (tertiary/aromatic N) is 1. The van der Waals surface area contributed by atoms with Gasteiger partial charge >= 0.3 is 0 Å². The van der Waals surface area contributed by atoms with Gasteiger partial charge in [-0.05, 0) is 25.0 Å². The Morgan fingerprint density at radius 2 is 1.17 bits per heavy atom. The van der Waals surface area contributed by atoms with Crippen molar-refractivity contribution in [3.8, 4) is 5.75 Å². The molecule has 8 nitrogen and oxygen atoms in total. The quantitative estimate of drug-likeness (QED) is 0.133. The third-order valence-electron chi connectivity index (χ3n) is 3.83. The number of unbranched alkanes of at least 4 members (excludes halogenated alkanes) is 3. The summed E-state index contributed by atoms with van der Waals surface area (Å²) in [5, 5.41) is 10.6. The summed E-state index contributed by atoms with van der Waals surface area (Å²) < 4.78 is 27.2. The van der Waals surface area contributed by atoms with Gasteiger partial charge in [-0.15, -0.1) is 11.6 Å². The van der Waals surface area contributed by atoms with E-state index in [9.17, 15) is 10.1 Å². The van der Waals surface area contributed by atoms with E-state index in [1.54, 1.807) is 12.1 Å². The number of nitro groups is 1. The molecule has 166 valence electrons. The molecule has 0 fully saturated rings. The molecule has 1 aromatic rings. The third kappa shape index (κ3) is 15.1. The van der Waals surface area contributed by atoms with Crippen LogP contribution in [0.4, 0.5) is 5.69 Å². The summed E-state index contributed by atoms with van der Waals surface area (Å²) in [7, 11) is 0. The van der Waals surface area contributed by atoms with Crippen LogP contribution in [-0.4, -0.2) is 70.3 Å². The number of ether oxygens (including phenoxy) is 5. The number of rotatable bonds is 20. The van der Waals surface area contributed by atoms with E-state index >= 15 is 0 Å². The lowest BCUT2D eigenvalue weighted by Gasteiger charge is -2.08. The molecule has 29 heavy (non-hydrogen) atoms. The minimum Gasteiger partial charge on any atom is -0.491 e. The van der Waals surface area contributed by atoms with E-state index in [0.717, 1.165) is 38.2 Å². The highest BCUT2D eigenvalue weighted by Crippen LogP contribution is 2.17. The van der Waals surface area contributed by atoms with E-state index < -0.39 is 4.92 Å². The zero-order valence-corrected chi connectivity index (χ0v) is 17.6. The monoisotopic (exact) mass is 433 g/mol. The molecule has 0 radical (unpaired) electrons. The fourth-order valence-electron chi connectivity index (χ4n) is 2.30. The maximum atomic E-state index is 10.6. The Morgan fingerprint density at radius 3 is 1.69 bits per heavy atom. The molecule has 0 saturated carbocycles. The van der Waals surface area contributed by atoms with Gasteiger partial charge in [0.25, 0.3) is 5.69 Å². The topological polar surface area (TPSA) is 89.3 Å². The Balaban J connectivity index is 1.77. The predicted octanol–water partition coefficient (Wildman–Crippen LogP) is 3.84. The van der Waals surface area contributed by atoms with Crippen molar-refractivity contribution in [2.75, 3.05) is 65.3 Å². The zero-order valence-electron chi connectivity index (χ0n) is 16.9. The molecule has 0 aromatic heterocycles. The van der Waals surface area contributed by atoms with Crippen LogP contribution in [0.3, 0.4) is 0 Å². The molecule has 0 atom stereocenters. The maximum Gasteiger partial charge on any atom is 0.269 e. The fourth-order valence-corrected chi connectivity index (χ4v) is 2.49. The van der Waals surface area contributed by atoms with Crippen molar-refractivity contribution < 1.29 is 28.6 Å². The van der Waals surface area contributed by atoms with E-state index in [0.29, 0.717) is 58.6 Å². The van der Waals surface area contributed by atoms with Crippen molar-refractivity contribution in [3.63, 3.8) is 0 Å². The Kier molecular flexibility index (Phi) is 16.4. The van der Waals surface area contributed by atoms with E-state index in [1.165, 1.54) is 12.1 Å². The molecule has 9 heteroatoms. The second-order valence-electron chi connectivity index (χ2n) is 6.15. The molecule has 0 aliphatic heterocycles. The Hall–Kier alpha value is -1.45.